The summed E-state index contributed by atoms with van der Waals surface area (Å²) in [6.45, 7) is 0. The number of aromatic nitrogens is 1. The Labute approximate surface area is 132 Å². The van der Waals surface area contributed by atoms with Crippen LogP contribution in [-0.4, -0.2) is 27.6 Å². The van der Waals surface area contributed by atoms with Gasteiger partial charge in [-0.3, -0.25) is 9.59 Å². The summed E-state index contributed by atoms with van der Waals surface area (Å²) in [5.41, 5.74) is 0.535. The summed E-state index contributed by atoms with van der Waals surface area (Å²) in [6.07, 6.45) is 7.24. The molecule has 1 aromatic heterocycles. The van der Waals surface area contributed by atoms with Crippen LogP contribution >= 0.6 is 15.9 Å². The fourth-order valence-corrected chi connectivity index (χ4v) is 3.47. The van der Waals surface area contributed by atoms with Crippen molar-refractivity contribution in [1.29, 1.82) is 0 Å². The molecule has 0 spiro atoms. The monoisotopic (exact) mass is 356 g/mol. The van der Waals surface area contributed by atoms with Crippen LogP contribution in [0.2, 0.25) is 0 Å². The minimum absolute atomic E-state index is 0.208. The minimum Gasteiger partial charge on any atom is -0.481 e. The number of aryl methyl sites for hydroxylation is 1. The van der Waals surface area contributed by atoms with Crippen molar-refractivity contribution in [3.8, 4) is 0 Å². The average Bonchev–Trinajstić information content (AvgIpc) is 2.71. The van der Waals surface area contributed by atoms with Crippen LogP contribution in [0.3, 0.4) is 0 Å². The van der Waals surface area contributed by atoms with E-state index in [1.807, 2.05) is 6.20 Å². The minimum atomic E-state index is -0.810. The van der Waals surface area contributed by atoms with Crippen molar-refractivity contribution in [1.82, 2.24) is 9.88 Å². The number of hydrogen-bond donors (Lipinski definition) is 2. The second-order valence-corrected chi connectivity index (χ2v) is 6.59. The molecule has 1 saturated carbocycles. The van der Waals surface area contributed by atoms with Gasteiger partial charge >= 0.3 is 5.97 Å². The molecule has 0 bridgehead atoms. The standard InChI is InChI=1S/C15H21BrN2O3/c1-18-9-10(16)8-13(18)14(19)17-12-7-5-3-2-4-6-11(12)15(20)21/h8-9,11-12H,2-7H2,1H3,(H,17,19)(H,20,21). The number of nitrogens with zero attached hydrogens (tertiary/aromatic N) is 1. The Bertz CT molecular complexity index is 527. The topological polar surface area (TPSA) is 71.3 Å². The van der Waals surface area contributed by atoms with Crippen LogP contribution in [0.1, 0.15) is 49.0 Å². The van der Waals surface area contributed by atoms with Crippen molar-refractivity contribution in [2.75, 3.05) is 0 Å². The molecular weight excluding hydrogens is 336 g/mol. The molecule has 2 unspecified atom stereocenters. The maximum atomic E-state index is 12.4. The molecule has 1 aliphatic rings. The Morgan fingerprint density at radius 2 is 1.95 bits per heavy atom. The van der Waals surface area contributed by atoms with Gasteiger partial charge in [0.2, 0.25) is 0 Å². The molecule has 6 heteroatoms. The van der Waals surface area contributed by atoms with Crippen LogP contribution in [0.15, 0.2) is 16.7 Å². The zero-order valence-electron chi connectivity index (χ0n) is 12.1. The summed E-state index contributed by atoms with van der Waals surface area (Å²) in [6, 6.07) is 1.46. The molecule has 5 nitrogen and oxygen atoms in total. The van der Waals surface area contributed by atoms with Gasteiger partial charge in [-0.1, -0.05) is 25.7 Å². The highest BCUT2D eigenvalue weighted by Gasteiger charge is 2.30. The van der Waals surface area contributed by atoms with Gasteiger partial charge in [0.25, 0.3) is 5.91 Å². The van der Waals surface area contributed by atoms with Crippen LogP contribution in [0.25, 0.3) is 0 Å². The number of hydrogen-bond acceptors (Lipinski definition) is 2. The highest BCUT2D eigenvalue weighted by Crippen LogP contribution is 2.24. The van der Waals surface area contributed by atoms with Crippen molar-refractivity contribution in [3.05, 3.63) is 22.4 Å². The van der Waals surface area contributed by atoms with E-state index in [0.717, 1.165) is 36.6 Å². The van der Waals surface area contributed by atoms with Gasteiger partial charge in [0, 0.05) is 23.8 Å². The molecule has 2 rings (SSSR count). The molecule has 0 aromatic carbocycles. The molecule has 2 atom stereocenters. The molecule has 2 N–H and O–H groups in total. The number of carboxylic acid groups (broad SMARTS) is 1. The van der Waals surface area contributed by atoms with Crippen LogP contribution in [0.4, 0.5) is 0 Å². The molecule has 1 aromatic rings. The molecule has 0 aliphatic heterocycles. The molecule has 21 heavy (non-hydrogen) atoms. The van der Waals surface area contributed by atoms with E-state index >= 15 is 0 Å². The van der Waals surface area contributed by atoms with E-state index in [-0.39, 0.29) is 11.9 Å². The molecule has 0 radical (unpaired) electrons. The number of amides is 1. The fraction of sp³-hybridized carbons (Fsp3) is 0.600. The second-order valence-electron chi connectivity index (χ2n) is 5.67. The van der Waals surface area contributed by atoms with Gasteiger partial charge in [0.1, 0.15) is 5.69 Å². The van der Waals surface area contributed by atoms with Crippen molar-refractivity contribution >= 4 is 27.8 Å². The van der Waals surface area contributed by atoms with E-state index < -0.39 is 11.9 Å². The third-order valence-corrected chi connectivity index (χ3v) is 4.54. The van der Waals surface area contributed by atoms with Gasteiger partial charge in [-0.05, 0) is 34.8 Å². The van der Waals surface area contributed by atoms with Gasteiger partial charge < -0.3 is 15.0 Å². The Hall–Kier alpha value is -1.30. The largest absolute Gasteiger partial charge is 0.481 e. The zero-order valence-corrected chi connectivity index (χ0v) is 13.7. The summed E-state index contributed by atoms with van der Waals surface area (Å²) in [5, 5.41) is 12.3. The smallest absolute Gasteiger partial charge is 0.308 e. The third kappa shape index (κ3) is 4.09. The third-order valence-electron chi connectivity index (χ3n) is 4.10. The fourth-order valence-electron chi connectivity index (χ4n) is 2.95. The SMILES string of the molecule is Cn1cc(Br)cc1C(=O)NC1CCCCCCC1C(=O)O. The molecule has 1 heterocycles. The normalized spacial score (nSPS) is 23.1. The molecule has 1 fully saturated rings. The van der Waals surface area contributed by atoms with Crippen molar-refractivity contribution < 1.29 is 14.7 Å². The summed E-state index contributed by atoms with van der Waals surface area (Å²) >= 11 is 3.34. The number of rotatable bonds is 3. The molecule has 116 valence electrons. The van der Waals surface area contributed by atoms with Crippen LogP contribution < -0.4 is 5.32 Å². The number of carboxylic acids is 1. The van der Waals surface area contributed by atoms with E-state index in [1.54, 1.807) is 17.7 Å². The second kappa shape index (κ2) is 7.11. The maximum Gasteiger partial charge on any atom is 0.308 e. The van der Waals surface area contributed by atoms with E-state index in [2.05, 4.69) is 21.2 Å². The molecule has 0 saturated heterocycles. The highest BCUT2D eigenvalue weighted by atomic mass is 79.9. The lowest BCUT2D eigenvalue weighted by Crippen LogP contribution is -2.44. The zero-order chi connectivity index (χ0) is 15.4. The lowest BCUT2D eigenvalue weighted by atomic mass is 9.86. The number of carbonyl (C=O) groups excluding carboxylic acids is 1. The van der Waals surface area contributed by atoms with E-state index in [0.29, 0.717) is 12.1 Å². The Morgan fingerprint density at radius 1 is 1.29 bits per heavy atom. The van der Waals surface area contributed by atoms with E-state index in [9.17, 15) is 14.7 Å². The number of aliphatic carboxylic acids is 1. The van der Waals surface area contributed by atoms with Gasteiger partial charge in [-0.25, -0.2) is 0 Å². The Kier molecular flexibility index (Phi) is 5.45. The highest BCUT2D eigenvalue weighted by molar-refractivity contribution is 9.10. The Morgan fingerprint density at radius 3 is 2.52 bits per heavy atom. The number of carbonyl (C=O) groups is 2. The Balaban J connectivity index is 2.11. The predicted molar refractivity (Wildman–Crippen MR) is 83.2 cm³/mol. The first kappa shape index (κ1) is 16.1. The average molecular weight is 357 g/mol. The summed E-state index contributed by atoms with van der Waals surface area (Å²) in [7, 11) is 1.80. The first-order valence-corrected chi connectivity index (χ1v) is 8.14. The van der Waals surface area contributed by atoms with Crippen molar-refractivity contribution in [3.63, 3.8) is 0 Å². The van der Waals surface area contributed by atoms with Gasteiger partial charge in [0.15, 0.2) is 0 Å². The number of halogens is 1. The van der Waals surface area contributed by atoms with E-state index in [1.165, 1.54) is 0 Å². The lowest BCUT2D eigenvalue weighted by molar-refractivity contribution is -0.143. The van der Waals surface area contributed by atoms with Crippen LogP contribution in [0.5, 0.6) is 0 Å². The molecule has 1 aliphatic carbocycles. The van der Waals surface area contributed by atoms with E-state index in [4.69, 9.17) is 0 Å². The van der Waals surface area contributed by atoms with Crippen LogP contribution in [-0.2, 0) is 11.8 Å². The number of nitrogens with one attached hydrogen (secondary N) is 1. The summed E-state index contributed by atoms with van der Waals surface area (Å²) in [5.74, 6) is -1.51. The van der Waals surface area contributed by atoms with Gasteiger partial charge in [0.05, 0.1) is 5.92 Å². The molecule has 1 amide bonds. The summed E-state index contributed by atoms with van der Waals surface area (Å²) < 4.78 is 2.57. The van der Waals surface area contributed by atoms with Crippen molar-refractivity contribution in [2.24, 2.45) is 13.0 Å². The molecular formula is C15H21BrN2O3. The lowest BCUT2D eigenvalue weighted by Gasteiger charge is -2.27. The van der Waals surface area contributed by atoms with Crippen molar-refractivity contribution in [2.45, 2.75) is 44.6 Å². The summed E-state index contributed by atoms with van der Waals surface area (Å²) in [4.78, 5) is 23.8. The first-order chi connectivity index (χ1) is 9.99. The van der Waals surface area contributed by atoms with Gasteiger partial charge in [-0.15, -0.1) is 0 Å². The quantitative estimate of drug-likeness (QED) is 0.874. The van der Waals surface area contributed by atoms with Crippen LogP contribution in [0, 0.1) is 5.92 Å². The first-order valence-electron chi connectivity index (χ1n) is 7.34. The maximum absolute atomic E-state index is 12.4. The van der Waals surface area contributed by atoms with Gasteiger partial charge in [-0.2, -0.15) is 0 Å². The predicted octanol–water partition coefficient (Wildman–Crippen LogP) is 2.94.